The molecule has 4 nitrogen and oxygen atoms in total. The summed E-state index contributed by atoms with van der Waals surface area (Å²) in [6, 6.07) is 0. The van der Waals surface area contributed by atoms with Gasteiger partial charge in [-0.15, -0.1) is 11.3 Å². The van der Waals surface area contributed by atoms with Crippen LogP contribution in [0.25, 0.3) is 0 Å². The van der Waals surface area contributed by atoms with Gasteiger partial charge in [-0.1, -0.05) is 0 Å². The van der Waals surface area contributed by atoms with E-state index in [-0.39, 0.29) is 18.4 Å². The average molecular weight is 238 g/mol. The molecule has 0 spiro atoms. The molecule has 2 fully saturated rings. The van der Waals surface area contributed by atoms with Gasteiger partial charge < -0.3 is 5.11 Å². The highest BCUT2D eigenvalue weighted by atomic mass is 32.1. The molecule has 1 aromatic heterocycles. The number of anilines is 1. The van der Waals surface area contributed by atoms with E-state index in [1.165, 1.54) is 12.8 Å². The van der Waals surface area contributed by atoms with Crippen molar-refractivity contribution in [3.05, 3.63) is 11.1 Å². The second-order valence-electron chi connectivity index (χ2n) is 4.59. The van der Waals surface area contributed by atoms with Crippen molar-refractivity contribution in [3.8, 4) is 0 Å². The molecule has 1 unspecified atom stereocenters. The number of aliphatic hydroxyl groups excluding tert-OH is 1. The lowest BCUT2D eigenvalue weighted by Crippen LogP contribution is -2.24. The highest BCUT2D eigenvalue weighted by Gasteiger charge is 2.33. The quantitative estimate of drug-likeness (QED) is 0.865. The van der Waals surface area contributed by atoms with Crippen LogP contribution in [0.3, 0.4) is 0 Å². The molecule has 5 heteroatoms. The summed E-state index contributed by atoms with van der Waals surface area (Å²) in [5, 5.41) is 11.9. The lowest BCUT2D eigenvalue weighted by molar-refractivity contribution is -0.117. The van der Waals surface area contributed by atoms with E-state index in [2.05, 4.69) is 10.4 Å². The summed E-state index contributed by atoms with van der Waals surface area (Å²) >= 11 is 1.54. The largest absolute Gasteiger partial charge is 0.396 e. The van der Waals surface area contributed by atoms with Gasteiger partial charge >= 0.3 is 0 Å². The van der Waals surface area contributed by atoms with E-state index in [0.29, 0.717) is 18.9 Å². The van der Waals surface area contributed by atoms with Gasteiger partial charge in [0, 0.05) is 36.8 Å². The Morgan fingerprint density at radius 2 is 2.38 bits per heavy atom. The molecular weight excluding hydrogens is 224 g/mol. The van der Waals surface area contributed by atoms with Gasteiger partial charge in [0.2, 0.25) is 5.91 Å². The van der Waals surface area contributed by atoms with E-state index in [0.717, 1.165) is 10.8 Å². The maximum atomic E-state index is 11.7. The second-order valence-corrected chi connectivity index (χ2v) is 5.42. The number of aromatic nitrogens is 1. The van der Waals surface area contributed by atoms with Gasteiger partial charge in [-0.25, -0.2) is 4.98 Å². The van der Waals surface area contributed by atoms with Crippen LogP contribution < -0.4 is 4.90 Å². The molecule has 0 bridgehead atoms. The number of carbonyl (C=O) groups excluding carboxylic acids is 1. The van der Waals surface area contributed by atoms with Gasteiger partial charge in [-0.2, -0.15) is 0 Å². The summed E-state index contributed by atoms with van der Waals surface area (Å²) in [6.45, 7) is 0.704. The molecule has 1 amide bonds. The first-order valence-electron chi connectivity index (χ1n) is 5.64. The van der Waals surface area contributed by atoms with Crippen LogP contribution >= 0.6 is 11.3 Å². The molecule has 1 N–H and O–H groups in total. The highest BCUT2D eigenvalue weighted by Crippen LogP contribution is 2.41. The third-order valence-electron chi connectivity index (χ3n) is 3.20. The number of amides is 1. The van der Waals surface area contributed by atoms with Crippen molar-refractivity contribution in [1.82, 2.24) is 4.98 Å². The van der Waals surface area contributed by atoms with Crippen LogP contribution in [0.5, 0.6) is 0 Å². The van der Waals surface area contributed by atoms with E-state index in [9.17, 15) is 4.79 Å². The van der Waals surface area contributed by atoms with Crippen molar-refractivity contribution in [2.75, 3.05) is 18.1 Å². The van der Waals surface area contributed by atoms with Crippen LogP contribution in [0.2, 0.25) is 0 Å². The predicted molar refractivity (Wildman–Crippen MR) is 61.6 cm³/mol. The molecule has 2 aliphatic rings. The predicted octanol–water partition coefficient (Wildman–Crippen LogP) is 1.37. The number of thiazole rings is 1. The smallest absolute Gasteiger partial charge is 0.229 e. The van der Waals surface area contributed by atoms with Crippen LogP contribution in [-0.4, -0.2) is 29.1 Å². The minimum atomic E-state index is 0.0841. The zero-order chi connectivity index (χ0) is 11.1. The summed E-state index contributed by atoms with van der Waals surface area (Å²) in [4.78, 5) is 18.0. The fourth-order valence-electron chi connectivity index (χ4n) is 2.06. The van der Waals surface area contributed by atoms with Crippen molar-refractivity contribution in [2.24, 2.45) is 5.92 Å². The summed E-state index contributed by atoms with van der Waals surface area (Å²) in [7, 11) is 0. The van der Waals surface area contributed by atoms with Crippen LogP contribution in [0.1, 0.15) is 30.9 Å². The summed E-state index contributed by atoms with van der Waals surface area (Å²) in [5.74, 6) is 0.813. The molecule has 1 saturated heterocycles. The van der Waals surface area contributed by atoms with Gasteiger partial charge in [0.1, 0.15) is 0 Å². The number of hydrogen-bond donors (Lipinski definition) is 1. The van der Waals surface area contributed by atoms with Gasteiger partial charge in [-0.3, -0.25) is 9.69 Å². The Balaban J connectivity index is 1.78. The van der Waals surface area contributed by atoms with Gasteiger partial charge in [0.05, 0.1) is 5.69 Å². The summed E-state index contributed by atoms with van der Waals surface area (Å²) < 4.78 is 0. The fourth-order valence-corrected chi connectivity index (χ4v) is 2.99. The van der Waals surface area contributed by atoms with Crippen molar-refractivity contribution in [2.45, 2.75) is 25.2 Å². The van der Waals surface area contributed by atoms with Crippen LogP contribution in [0.15, 0.2) is 5.38 Å². The molecule has 0 radical (unpaired) electrons. The molecule has 3 rings (SSSR count). The zero-order valence-electron chi connectivity index (χ0n) is 8.93. The minimum Gasteiger partial charge on any atom is -0.396 e. The highest BCUT2D eigenvalue weighted by molar-refractivity contribution is 7.14. The number of carbonyl (C=O) groups is 1. The number of rotatable bonds is 3. The average Bonchev–Trinajstić information content (AvgIpc) is 2.89. The lowest BCUT2D eigenvalue weighted by Gasteiger charge is -2.11. The van der Waals surface area contributed by atoms with Gasteiger partial charge in [-0.05, 0) is 12.8 Å². The maximum absolute atomic E-state index is 11.7. The van der Waals surface area contributed by atoms with Crippen molar-refractivity contribution in [3.63, 3.8) is 0 Å². The third kappa shape index (κ3) is 1.74. The molecule has 1 aliphatic heterocycles. The molecule has 1 saturated carbocycles. The van der Waals surface area contributed by atoms with Gasteiger partial charge in [0.15, 0.2) is 5.13 Å². The van der Waals surface area contributed by atoms with Crippen molar-refractivity contribution >= 4 is 22.4 Å². The topological polar surface area (TPSA) is 53.4 Å². The molecule has 16 heavy (non-hydrogen) atoms. The molecule has 0 aromatic carbocycles. The minimum absolute atomic E-state index is 0.0841. The Morgan fingerprint density at radius 1 is 1.56 bits per heavy atom. The summed E-state index contributed by atoms with van der Waals surface area (Å²) in [6.07, 6.45) is 2.92. The SMILES string of the molecule is O=C1CC(CO)CN1c1nc(C2CC2)cs1. The molecule has 2 heterocycles. The van der Waals surface area contributed by atoms with Gasteiger partial charge in [0.25, 0.3) is 0 Å². The van der Waals surface area contributed by atoms with E-state index in [4.69, 9.17) is 5.11 Å². The first kappa shape index (κ1) is 10.2. The van der Waals surface area contributed by atoms with E-state index in [1.54, 1.807) is 16.2 Å². The van der Waals surface area contributed by atoms with E-state index >= 15 is 0 Å². The Hall–Kier alpha value is -0.940. The van der Waals surface area contributed by atoms with Crippen molar-refractivity contribution < 1.29 is 9.90 Å². The fraction of sp³-hybridized carbons (Fsp3) is 0.636. The first-order chi connectivity index (χ1) is 7.78. The Morgan fingerprint density at radius 3 is 3.00 bits per heavy atom. The number of aliphatic hydroxyl groups is 1. The molecular formula is C11H14N2O2S. The molecule has 86 valence electrons. The molecule has 1 aromatic rings. The second kappa shape index (κ2) is 3.82. The van der Waals surface area contributed by atoms with Crippen LogP contribution in [0.4, 0.5) is 5.13 Å². The van der Waals surface area contributed by atoms with E-state index < -0.39 is 0 Å². The molecule has 1 aliphatic carbocycles. The normalized spacial score (nSPS) is 25.4. The Labute approximate surface area is 97.9 Å². The summed E-state index contributed by atoms with van der Waals surface area (Å²) in [5.41, 5.74) is 1.14. The zero-order valence-corrected chi connectivity index (χ0v) is 9.74. The van der Waals surface area contributed by atoms with E-state index in [1.807, 2.05) is 0 Å². The third-order valence-corrected chi connectivity index (χ3v) is 4.08. The van der Waals surface area contributed by atoms with Crippen LogP contribution in [0, 0.1) is 5.92 Å². The maximum Gasteiger partial charge on any atom is 0.229 e. The van der Waals surface area contributed by atoms with Crippen molar-refractivity contribution in [1.29, 1.82) is 0 Å². The first-order valence-corrected chi connectivity index (χ1v) is 6.52. The Bertz CT molecular complexity index is 414. The van der Waals surface area contributed by atoms with Crippen LogP contribution in [-0.2, 0) is 4.79 Å². The molecule has 1 atom stereocenters. The lowest BCUT2D eigenvalue weighted by atomic mass is 10.1. The standard InChI is InChI=1S/C11H14N2O2S/c14-5-7-3-10(15)13(4-7)11-12-9(6-16-11)8-1-2-8/h6-8,14H,1-5H2. The Kier molecular flexibility index (Phi) is 2.44. The monoisotopic (exact) mass is 238 g/mol. The number of hydrogen-bond acceptors (Lipinski definition) is 4. The number of nitrogens with zero attached hydrogens (tertiary/aromatic N) is 2.